The molecule has 0 heterocycles. The minimum atomic E-state index is -1.13. The number of alkyl halides is 1. The number of esters is 4. The van der Waals surface area contributed by atoms with Crippen LogP contribution in [0.3, 0.4) is 0 Å². The van der Waals surface area contributed by atoms with Gasteiger partial charge < -0.3 is 54.5 Å². The first-order valence-electron chi connectivity index (χ1n) is 7.98. The van der Waals surface area contributed by atoms with Gasteiger partial charge in [-0.25, -0.2) is 0 Å². The van der Waals surface area contributed by atoms with E-state index in [2.05, 4.69) is 23.8 Å². The van der Waals surface area contributed by atoms with E-state index < -0.39 is 29.8 Å². The molecule has 0 aliphatic heterocycles. The van der Waals surface area contributed by atoms with Crippen LogP contribution in [0.2, 0.25) is 0 Å². The predicted molar refractivity (Wildman–Crippen MR) is 101 cm³/mol. The molecule has 0 aliphatic carbocycles. The number of methoxy groups -OCH3 is 4. The van der Waals surface area contributed by atoms with Crippen LogP contribution in [0, 0.1) is 5.92 Å². The van der Waals surface area contributed by atoms with Crippen molar-refractivity contribution in [3.05, 3.63) is 0 Å². The zero-order valence-electron chi connectivity index (χ0n) is 22.3. The number of hydrogen-bond acceptors (Lipinski definition) is 13. The number of hydrogen-bond donors (Lipinski definition) is 0. The van der Waals surface area contributed by atoms with Gasteiger partial charge in [-0.3, -0.25) is 33.6 Å². The fraction of sp³-hybridized carbons (Fsp3) is 0.588. The van der Waals surface area contributed by atoms with Crippen molar-refractivity contribution < 1.29 is 220 Å². The Morgan fingerprint density at radius 1 is 0.829 bits per heavy atom. The molecule has 13 nitrogen and oxygen atoms in total. The summed E-state index contributed by atoms with van der Waals surface area (Å²) in [6, 6.07) is 0. The van der Waals surface area contributed by atoms with E-state index in [1.165, 1.54) is 28.1 Å². The monoisotopic (exact) mass is 702 g/mol. The van der Waals surface area contributed by atoms with Crippen LogP contribution in [-0.2, 0) is 57.4 Å². The standard InChI is InChI=1S/C8H12O5.C5H8O4.C3H5ClO.CH2O3.HI.2K.Na.H/c1-5(9)4-6(7(10)12-2)8(11)13-3;1-8-4(6)3-5(7)9-2;1-3(5)2-4;2-1-4-3;;;;;/h6H,4H2,1-3H3;3H2,1-2H3;2H2,1H3;1,3H;1H;;;;/q;;;;;3*+1;-1/p-2. The quantitative estimate of drug-likeness (QED) is 0.0267. The van der Waals surface area contributed by atoms with E-state index >= 15 is 0 Å². The number of carbonyl (C=O) groups excluding carboxylic acids is 7. The number of carbonyl (C=O) groups is 7. The molecule has 0 N–H and O–H groups in total. The van der Waals surface area contributed by atoms with Crippen LogP contribution < -0.4 is 162 Å². The molecule has 18 heteroatoms. The van der Waals surface area contributed by atoms with Crippen LogP contribution in [0.25, 0.3) is 0 Å². The molecule has 0 fully saturated rings. The van der Waals surface area contributed by atoms with Gasteiger partial charge in [0.15, 0.2) is 5.92 Å². The third kappa shape index (κ3) is 49.4. The third-order valence-corrected chi connectivity index (χ3v) is 2.81. The van der Waals surface area contributed by atoms with E-state index in [1.54, 1.807) is 0 Å². The summed E-state index contributed by atoms with van der Waals surface area (Å²) in [4.78, 5) is 74.1. The molecule has 0 atom stereocenters. The summed E-state index contributed by atoms with van der Waals surface area (Å²) in [5.74, 6) is -3.90. The molecule has 0 amide bonds. The van der Waals surface area contributed by atoms with Crippen LogP contribution in [0.4, 0.5) is 0 Å². The van der Waals surface area contributed by atoms with Crippen molar-refractivity contribution in [2.24, 2.45) is 5.92 Å². The maximum atomic E-state index is 11.0. The van der Waals surface area contributed by atoms with Crippen molar-refractivity contribution in [2.75, 3.05) is 34.3 Å². The smallest absolute Gasteiger partial charge is 1.00 e. The molecule has 0 aromatic rings. The second-order valence-corrected chi connectivity index (χ2v) is 5.13. The minimum absolute atomic E-state index is 0. The van der Waals surface area contributed by atoms with E-state index in [-0.39, 0.29) is 194 Å². The number of halogens is 2. The molecule has 0 aromatic carbocycles. The van der Waals surface area contributed by atoms with Crippen molar-refractivity contribution in [3.63, 3.8) is 0 Å². The van der Waals surface area contributed by atoms with Crippen LogP contribution in [-0.4, -0.2) is 76.2 Å². The van der Waals surface area contributed by atoms with Gasteiger partial charge in [0.25, 0.3) is 6.47 Å². The number of Topliss-reactive ketones (excluding diaryl/α,β-unsaturated/α-hetero) is 2. The average Bonchev–Trinajstić information content (AvgIpc) is 2.76. The molecular formula is C17H27ClIK2NaO13. The fourth-order valence-corrected chi connectivity index (χ4v) is 1.10. The van der Waals surface area contributed by atoms with Crippen molar-refractivity contribution >= 4 is 53.5 Å². The van der Waals surface area contributed by atoms with Gasteiger partial charge in [-0.2, -0.15) is 0 Å². The number of rotatable bonds is 8. The van der Waals surface area contributed by atoms with Gasteiger partial charge in [-0.15, -0.1) is 11.6 Å². The summed E-state index contributed by atoms with van der Waals surface area (Å²) in [6.07, 6.45) is -0.494. The van der Waals surface area contributed by atoms with Crippen molar-refractivity contribution in [2.45, 2.75) is 26.7 Å². The van der Waals surface area contributed by atoms with Gasteiger partial charge in [0.2, 0.25) is 0 Å². The van der Waals surface area contributed by atoms with Gasteiger partial charge in [0.1, 0.15) is 18.0 Å². The molecule has 0 unspecified atom stereocenters. The van der Waals surface area contributed by atoms with Crippen molar-refractivity contribution in [1.29, 1.82) is 0 Å². The van der Waals surface area contributed by atoms with Crippen LogP contribution >= 0.6 is 11.6 Å². The summed E-state index contributed by atoms with van der Waals surface area (Å²) in [5, 5.41) is 8.43. The SMILES string of the molecule is CC(=O)CCl.COC(=O)C(CC(C)=O)C(=O)OC.COC(=O)CC(=O)OC.O=CO[O-].[H-].[I-].[K+].[K+].[Na+]. The molecule has 0 spiro atoms. The molecule has 0 saturated heterocycles. The molecule has 0 aliphatic rings. The molecule has 0 aromatic heterocycles. The van der Waals surface area contributed by atoms with E-state index in [0.29, 0.717) is 0 Å². The minimum Gasteiger partial charge on any atom is -1.00 e. The summed E-state index contributed by atoms with van der Waals surface area (Å²) in [7, 11) is 4.73. The Bertz CT molecular complexity index is 575. The molecule has 35 heavy (non-hydrogen) atoms. The normalized spacial score (nSPS) is 7.34. The number of ketones is 2. The Morgan fingerprint density at radius 2 is 1.11 bits per heavy atom. The maximum absolute atomic E-state index is 11.0. The van der Waals surface area contributed by atoms with Gasteiger partial charge in [0, 0.05) is 6.42 Å². The second-order valence-electron chi connectivity index (χ2n) is 4.86. The summed E-state index contributed by atoms with van der Waals surface area (Å²) in [6.45, 7) is 2.56. The topological polar surface area (TPSA) is 189 Å². The van der Waals surface area contributed by atoms with E-state index in [1.807, 2.05) is 0 Å². The fourth-order valence-electron chi connectivity index (χ4n) is 1.10. The van der Waals surface area contributed by atoms with E-state index in [4.69, 9.17) is 21.7 Å². The second kappa shape index (κ2) is 43.0. The molecule has 0 radical (unpaired) electrons. The Kier molecular flexibility index (Phi) is 70.0. The summed E-state index contributed by atoms with van der Waals surface area (Å²) >= 11 is 4.99. The van der Waals surface area contributed by atoms with Crippen LogP contribution in [0.5, 0.6) is 0 Å². The predicted octanol–water partition coefficient (Wildman–Crippen LogP) is -13.0. The molecule has 190 valence electrons. The van der Waals surface area contributed by atoms with E-state index in [0.717, 1.165) is 14.2 Å². The first-order valence-corrected chi connectivity index (χ1v) is 8.51. The summed E-state index contributed by atoms with van der Waals surface area (Å²) in [5.41, 5.74) is 0. The first-order chi connectivity index (χ1) is 14.4. The Hall–Kier alpha value is 1.94. The Morgan fingerprint density at radius 3 is 1.26 bits per heavy atom. The average molecular weight is 703 g/mol. The van der Waals surface area contributed by atoms with Gasteiger partial charge in [0.05, 0.1) is 34.3 Å². The zero-order valence-corrected chi connectivity index (χ0v) is 32.5. The Labute approximate surface area is 334 Å². The maximum Gasteiger partial charge on any atom is 1.00 e. The molecular weight excluding hydrogens is 676 g/mol. The Balaban J connectivity index is -0.0000000401. The first kappa shape index (κ1) is 57.0. The van der Waals surface area contributed by atoms with Gasteiger partial charge in [-0.1, -0.05) is 0 Å². The third-order valence-electron chi connectivity index (χ3n) is 2.43. The van der Waals surface area contributed by atoms with E-state index in [9.17, 15) is 28.8 Å². The van der Waals surface area contributed by atoms with Crippen molar-refractivity contribution in [1.82, 2.24) is 0 Å². The molecule has 0 bridgehead atoms. The van der Waals surface area contributed by atoms with Gasteiger partial charge in [-0.05, 0) is 13.8 Å². The number of ether oxygens (including phenoxy) is 4. The van der Waals surface area contributed by atoms with Crippen LogP contribution in [0.1, 0.15) is 28.1 Å². The largest absolute Gasteiger partial charge is 1.00 e. The van der Waals surface area contributed by atoms with Crippen molar-refractivity contribution in [3.8, 4) is 0 Å². The van der Waals surface area contributed by atoms with Gasteiger partial charge >= 0.3 is 156 Å². The summed E-state index contributed by atoms with van der Waals surface area (Å²) < 4.78 is 17.1. The molecule has 0 rings (SSSR count). The zero-order chi connectivity index (χ0) is 25.4. The molecule has 0 saturated carbocycles. The van der Waals surface area contributed by atoms with Crippen LogP contribution in [0.15, 0.2) is 0 Å².